The number of nitrogens with zero attached hydrogens (tertiary/aromatic N) is 5. The summed E-state index contributed by atoms with van der Waals surface area (Å²) >= 11 is 0. The smallest absolute Gasteiger partial charge is 0.252 e. The summed E-state index contributed by atoms with van der Waals surface area (Å²) in [6, 6.07) is 17.3. The van der Waals surface area contributed by atoms with E-state index in [0.29, 0.717) is 42.3 Å². The summed E-state index contributed by atoms with van der Waals surface area (Å²) < 4.78 is 26.2. The van der Waals surface area contributed by atoms with Crippen LogP contribution < -0.4 is 10.3 Å². The molecule has 5 aromatic rings. The van der Waals surface area contributed by atoms with Gasteiger partial charge in [-0.15, -0.1) is 5.10 Å². The lowest BCUT2D eigenvalue weighted by Gasteiger charge is -2.33. The molecule has 0 spiro atoms. The second-order valence-electron chi connectivity index (χ2n) is 9.57. The Labute approximate surface area is 218 Å². The van der Waals surface area contributed by atoms with Crippen molar-refractivity contribution in [3.05, 3.63) is 106 Å². The number of furan rings is 1. The molecule has 0 aliphatic carbocycles. The van der Waals surface area contributed by atoms with Crippen LogP contribution in [-0.2, 0) is 19.6 Å². The van der Waals surface area contributed by atoms with E-state index in [1.165, 1.54) is 12.1 Å². The lowest BCUT2D eigenvalue weighted by Crippen LogP contribution is -2.35. The molecule has 0 saturated heterocycles. The highest BCUT2D eigenvalue weighted by atomic mass is 19.1. The first-order valence-electron chi connectivity index (χ1n) is 12.4. The molecule has 0 fully saturated rings. The van der Waals surface area contributed by atoms with E-state index in [2.05, 4.69) is 39.3 Å². The van der Waals surface area contributed by atoms with Crippen LogP contribution in [0.4, 0.5) is 4.39 Å². The van der Waals surface area contributed by atoms with Crippen molar-refractivity contribution >= 4 is 10.9 Å². The van der Waals surface area contributed by atoms with Gasteiger partial charge in [0.25, 0.3) is 5.56 Å². The van der Waals surface area contributed by atoms with E-state index in [1.807, 2.05) is 30.3 Å². The van der Waals surface area contributed by atoms with Gasteiger partial charge < -0.3 is 14.1 Å². The second kappa shape index (κ2) is 11.0. The molecule has 38 heavy (non-hydrogen) atoms. The molecule has 0 saturated carbocycles. The fourth-order valence-corrected chi connectivity index (χ4v) is 4.73. The average molecular weight is 517 g/mol. The van der Waals surface area contributed by atoms with Gasteiger partial charge in [-0.05, 0) is 69.8 Å². The molecule has 10 heteroatoms. The van der Waals surface area contributed by atoms with Crippen molar-refractivity contribution in [3.63, 3.8) is 0 Å². The van der Waals surface area contributed by atoms with Crippen LogP contribution in [0.5, 0.6) is 5.75 Å². The zero-order valence-electron chi connectivity index (χ0n) is 21.5. The summed E-state index contributed by atoms with van der Waals surface area (Å²) in [5.41, 5.74) is 2.02. The monoisotopic (exact) mass is 516 g/mol. The summed E-state index contributed by atoms with van der Waals surface area (Å²) in [6.07, 6.45) is 1.61. The van der Waals surface area contributed by atoms with Crippen molar-refractivity contribution in [1.29, 1.82) is 0 Å². The number of benzene rings is 2. The molecule has 0 radical (unpaired) electrons. The number of rotatable bonds is 10. The van der Waals surface area contributed by atoms with Crippen LogP contribution in [0.1, 0.15) is 42.6 Å². The molecule has 2 aromatic carbocycles. The largest absolute Gasteiger partial charge is 0.497 e. The molecule has 3 heterocycles. The van der Waals surface area contributed by atoms with Gasteiger partial charge in [0.1, 0.15) is 23.9 Å². The van der Waals surface area contributed by atoms with Gasteiger partial charge in [-0.2, -0.15) is 0 Å². The molecular formula is C28H29FN6O3. The predicted molar refractivity (Wildman–Crippen MR) is 140 cm³/mol. The van der Waals surface area contributed by atoms with Gasteiger partial charge in [-0.1, -0.05) is 26.0 Å². The van der Waals surface area contributed by atoms with Crippen LogP contribution in [0, 0.1) is 11.7 Å². The molecule has 0 bridgehead atoms. The summed E-state index contributed by atoms with van der Waals surface area (Å²) in [5, 5.41) is 13.5. The Morgan fingerprint density at radius 2 is 1.92 bits per heavy atom. The van der Waals surface area contributed by atoms with Crippen LogP contribution in [0.3, 0.4) is 0 Å². The van der Waals surface area contributed by atoms with Crippen molar-refractivity contribution in [1.82, 2.24) is 30.1 Å². The Balaban J connectivity index is 1.54. The molecule has 1 N–H and O–H groups in total. The van der Waals surface area contributed by atoms with Crippen molar-refractivity contribution in [2.75, 3.05) is 7.11 Å². The number of methoxy groups -OCH3 is 1. The van der Waals surface area contributed by atoms with Gasteiger partial charge in [-0.25, -0.2) is 9.07 Å². The first-order chi connectivity index (χ1) is 18.4. The van der Waals surface area contributed by atoms with E-state index < -0.39 is 0 Å². The van der Waals surface area contributed by atoms with Crippen molar-refractivity contribution in [2.45, 2.75) is 39.5 Å². The highest BCUT2D eigenvalue weighted by Crippen LogP contribution is 2.31. The topological polar surface area (TPSA) is 102 Å². The lowest BCUT2D eigenvalue weighted by atomic mass is 9.99. The molecule has 0 amide bonds. The fourth-order valence-electron chi connectivity index (χ4n) is 4.73. The molecule has 196 valence electrons. The van der Waals surface area contributed by atoms with Gasteiger partial charge in [0.15, 0.2) is 5.82 Å². The quantitative estimate of drug-likeness (QED) is 0.287. The van der Waals surface area contributed by atoms with E-state index in [0.717, 1.165) is 16.7 Å². The highest BCUT2D eigenvalue weighted by Gasteiger charge is 2.30. The minimum atomic E-state index is -0.301. The Morgan fingerprint density at radius 1 is 1.11 bits per heavy atom. The summed E-state index contributed by atoms with van der Waals surface area (Å²) in [7, 11) is 1.59. The first kappa shape index (κ1) is 25.3. The van der Waals surface area contributed by atoms with Gasteiger partial charge in [0, 0.05) is 24.7 Å². The first-order valence-corrected chi connectivity index (χ1v) is 12.4. The lowest BCUT2D eigenvalue weighted by molar-refractivity contribution is 0.125. The number of hydrogen-bond acceptors (Lipinski definition) is 7. The number of ether oxygens (including phenoxy) is 1. The number of H-pyrrole nitrogens is 1. The molecule has 0 aliphatic rings. The maximum Gasteiger partial charge on any atom is 0.252 e. The van der Waals surface area contributed by atoms with Gasteiger partial charge >= 0.3 is 0 Å². The predicted octanol–water partition coefficient (Wildman–Crippen LogP) is 4.70. The normalized spacial score (nSPS) is 12.5. The number of hydrogen-bond donors (Lipinski definition) is 1. The van der Waals surface area contributed by atoms with Crippen molar-refractivity contribution in [2.24, 2.45) is 5.92 Å². The van der Waals surface area contributed by atoms with Gasteiger partial charge in [0.2, 0.25) is 0 Å². The molecule has 0 aliphatic heterocycles. The second-order valence-corrected chi connectivity index (χ2v) is 9.57. The summed E-state index contributed by atoms with van der Waals surface area (Å²) in [4.78, 5) is 18.3. The Bertz CT molecular complexity index is 1560. The molecular weight excluding hydrogens is 487 g/mol. The van der Waals surface area contributed by atoms with Crippen LogP contribution in [0.15, 0.2) is 76.1 Å². The molecule has 9 nitrogen and oxygen atoms in total. The van der Waals surface area contributed by atoms with Crippen LogP contribution in [0.2, 0.25) is 0 Å². The maximum absolute atomic E-state index is 13.7. The number of aromatic nitrogens is 5. The Morgan fingerprint density at radius 3 is 2.63 bits per heavy atom. The Kier molecular flexibility index (Phi) is 7.32. The number of aromatic amines is 1. The van der Waals surface area contributed by atoms with E-state index in [1.54, 1.807) is 36.3 Å². The number of nitrogens with one attached hydrogen (secondary N) is 1. The van der Waals surface area contributed by atoms with E-state index in [4.69, 9.17) is 9.15 Å². The summed E-state index contributed by atoms with van der Waals surface area (Å²) in [6.45, 7) is 5.33. The van der Waals surface area contributed by atoms with E-state index in [9.17, 15) is 9.18 Å². The van der Waals surface area contributed by atoms with Crippen molar-refractivity contribution < 1.29 is 13.5 Å². The molecule has 5 rings (SSSR count). The third-order valence-corrected chi connectivity index (χ3v) is 6.54. The molecule has 0 unspecified atom stereocenters. The van der Waals surface area contributed by atoms with Gasteiger partial charge in [-0.3, -0.25) is 9.69 Å². The number of tetrazole rings is 1. The molecule has 1 atom stereocenters. The average Bonchev–Trinajstić information content (AvgIpc) is 3.58. The Hall–Kier alpha value is -4.31. The van der Waals surface area contributed by atoms with Gasteiger partial charge in [0.05, 0.1) is 24.9 Å². The zero-order chi connectivity index (χ0) is 26.6. The highest BCUT2D eigenvalue weighted by molar-refractivity contribution is 5.80. The zero-order valence-corrected chi connectivity index (χ0v) is 21.5. The van der Waals surface area contributed by atoms with Crippen LogP contribution >= 0.6 is 0 Å². The van der Waals surface area contributed by atoms with E-state index in [-0.39, 0.29) is 23.3 Å². The van der Waals surface area contributed by atoms with Crippen LogP contribution in [0.25, 0.3) is 10.9 Å². The minimum absolute atomic E-state index is 0.0839. The standard InChI is InChI=1S/C28H29FN6O3/c1-18(2)26(27-31-32-33-35(27)17-24-5-4-12-38-24)34(15-19-6-9-22(29)10-7-19)16-21-13-20-8-11-23(37-3)14-25(20)30-28(21)36/h4-14,18,26H,15-17H2,1-3H3,(H,30,36)/t26-/m1/s1. The minimum Gasteiger partial charge on any atom is -0.497 e. The summed E-state index contributed by atoms with van der Waals surface area (Å²) in [5.74, 6) is 1.83. The van der Waals surface area contributed by atoms with Crippen LogP contribution in [-0.4, -0.2) is 37.2 Å². The maximum atomic E-state index is 13.7. The van der Waals surface area contributed by atoms with E-state index >= 15 is 0 Å². The molecule has 3 aromatic heterocycles. The number of pyridine rings is 1. The SMILES string of the molecule is COc1ccc2cc(CN(Cc3ccc(F)cc3)[C@@H](c3nnnn3Cc3ccco3)C(C)C)c(=O)[nH]c2c1. The van der Waals surface area contributed by atoms with Crippen molar-refractivity contribution in [3.8, 4) is 5.75 Å². The number of halogens is 1. The third-order valence-electron chi connectivity index (χ3n) is 6.54. The third kappa shape index (κ3) is 5.50. The number of fused-ring (bicyclic) bond motifs is 1. The fraction of sp³-hybridized carbons (Fsp3) is 0.286.